The molecule has 0 bridgehead atoms. The zero-order chi connectivity index (χ0) is 12.7. The molecule has 92 valence electrons. The van der Waals surface area contributed by atoms with Crippen LogP contribution < -0.4 is 5.32 Å². The minimum Gasteiger partial charge on any atom is -0.480 e. The van der Waals surface area contributed by atoms with E-state index in [-0.39, 0.29) is 11.7 Å². The number of aliphatic carboxylic acids is 1. The minimum atomic E-state index is -0.870. The van der Waals surface area contributed by atoms with Crippen molar-refractivity contribution in [3.8, 4) is 0 Å². The molecule has 0 aliphatic carbocycles. The number of amides is 1. The maximum atomic E-state index is 11.5. The van der Waals surface area contributed by atoms with E-state index in [4.69, 9.17) is 5.11 Å². The van der Waals surface area contributed by atoms with E-state index in [9.17, 15) is 9.59 Å². The Morgan fingerprint density at radius 1 is 1.35 bits per heavy atom. The van der Waals surface area contributed by atoms with Gasteiger partial charge in [-0.3, -0.25) is 9.59 Å². The smallest absolute Gasteiger partial charge is 0.316 e. The molecule has 0 heterocycles. The molecule has 1 atom stereocenters. The van der Waals surface area contributed by atoms with Crippen molar-refractivity contribution in [2.45, 2.75) is 18.6 Å². The maximum Gasteiger partial charge on any atom is 0.316 e. The largest absolute Gasteiger partial charge is 0.480 e. The number of rotatable bonds is 6. The fraction of sp³-hybridized carbons (Fsp3) is 0.333. The number of benzene rings is 1. The molecular formula is C12H15NO3S. The van der Waals surface area contributed by atoms with Gasteiger partial charge in [-0.05, 0) is 18.6 Å². The first kappa shape index (κ1) is 13.6. The summed E-state index contributed by atoms with van der Waals surface area (Å²) in [6.07, 6.45) is 0.513. The fourth-order valence-corrected chi connectivity index (χ4v) is 2.06. The summed E-state index contributed by atoms with van der Waals surface area (Å²) in [4.78, 5) is 22.3. The number of para-hydroxylation sites is 1. The van der Waals surface area contributed by atoms with Crippen molar-refractivity contribution in [3.63, 3.8) is 0 Å². The highest BCUT2D eigenvalue weighted by Crippen LogP contribution is 2.15. The Balaban J connectivity index is 2.38. The van der Waals surface area contributed by atoms with Crippen LogP contribution in [-0.2, 0) is 9.59 Å². The van der Waals surface area contributed by atoms with E-state index in [1.165, 1.54) is 0 Å². The molecule has 0 fully saturated rings. The monoisotopic (exact) mass is 253 g/mol. The normalized spacial score (nSPS) is 11.8. The van der Waals surface area contributed by atoms with Crippen LogP contribution in [-0.4, -0.2) is 28.0 Å². The van der Waals surface area contributed by atoms with Crippen molar-refractivity contribution in [1.82, 2.24) is 0 Å². The summed E-state index contributed by atoms with van der Waals surface area (Å²) in [5.41, 5.74) is 0.724. The Kier molecular flexibility index (Phi) is 5.56. The highest BCUT2D eigenvalue weighted by Gasteiger charge is 2.16. The van der Waals surface area contributed by atoms with Crippen molar-refractivity contribution in [3.05, 3.63) is 30.3 Å². The second-order valence-corrected chi connectivity index (χ2v) is 4.65. The van der Waals surface area contributed by atoms with Crippen molar-refractivity contribution in [2.75, 3.05) is 11.1 Å². The first-order chi connectivity index (χ1) is 8.13. The summed E-state index contributed by atoms with van der Waals surface area (Å²) in [7, 11) is 0. The Hall–Kier alpha value is -1.49. The minimum absolute atomic E-state index is 0.152. The van der Waals surface area contributed by atoms with Gasteiger partial charge in [0.15, 0.2) is 0 Å². The predicted octanol–water partition coefficient (Wildman–Crippen LogP) is 2.22. The fourth-order valence-electron chi connectivity index (χ4n) is 1.26. The lowest BCUT2D eigenvalue weighted by Crippen LogP contribution is -2.20. The van der Waals surface area contributed by atoms with Gasteiger partial charge in [-0.25, -0.2) is 0 Å². The second-order valence-electron chi connectivity index (χ2n) is 3.46. The maximum absolute atomic E-state index is 11.5. The van der Waals surface area contributed by atoms with Crippen LogP contribution in [0.15, 0.2) is 30.3 Å². The molecule has 17 heavy (non-hydrogen) atoms. The molecule has 1 aromatic carbocycles. The number of carbonyl (C=O) groups excluding carboxylic acids is 1. The quantitative estimate of drug-likeness (QED) is 0.815. The molecule has 0 aliphatic rings. The molecule has 1 rings (SSSR count). The first-order valence-corrected chi connectivity index (χ1v) is 6.37. The van der Waals surface area contributed by atoms with Crippen LogP contribution in [0, 0.1) is 0 Å². The molecule has 1 unspecified atom stereocenters. The molecule has 5 heteroatoms. The van der Waals surface area contributed by atoms with Gasteiger partial charge in [-0.1, -0.05) is 25.1 Å². The highest BCUT2D eigenvalue weighted by molar-refractivity contribution is 8.01. The van der Waals surface area contributed by atoms with Gasteiger partial charge in [-0.15, -0.1) is 11.8 Å². The second kappa shape index (κ2) is 6.96. The summed E-state index contributed by atoms with van der Waals surface area (Å²) in [6, 6.07) is 9.10. The van der Waals surface area contributed by atoms with Crippen LogP contribution in [0.4, 0.5) is 5.69 Å². The van der Waals surface area contributed by atoms with E-state index in [2.05, 4.69) is 5.32 Å². The third kappa shape index (κ3) is 4.91. The van der Waals surface area contributed by atoms with Crippen molar-refractivity contribution >= 4 is 29.3 Å². The van der Waals surface area contributed by atoms with Crippen molar-refractivity contribution < 1.29 is 14.7 Å². The lowest BCUT2D eigenvalue weighted by atomic mass is 10.3. The average Bonchev–Trinajstić information content (AvgIpc) is 2.30. The highest BCUT2D eigenvalue weighted by atomic mass is 32.2. The van der Waals surface area contributed by atoms with Crippen LogP contribution in [0.2, 0.25) is 0 Å². The Bertz CT molecular complexity index is 381. The van der Waals surface area contributed by atoms with Crippen LogP contribution in [0.25, 0.3) is 0 Å². The molecule has 1 amide bonds. The van der Waals surface area contributed by atoms with Crippen LogP contribution in [0.5, 0.6) is 0 Å². The lowest BCUT2D eigenvalue weighted by Gasteiger charge is -2.09. The van der Waals surface area contributed by atoms with Gasteiger partial charge < -0.3 is 10.4 Å². The predicted molar refractivity (Wildman–Crippen MR) is 69.2 cm³/mol. The Labute approximate surface area is 104 Å². The number of carboxylic acids is 1. The topological polar surface area (TPSA) is 66.4 Å². The molecule has 0 saturated carbocycles. The molecule has 2 N–H and O–H groups in total. The van der Waals surface area contributed by atoms with Gasteiger partial charge in [0.2, 0.25) is 5.91 Å². The number of carboxylic acid groups (broad SMARTS) is 1. The lowest BCUT2D eigenvalue weighted by molar-refractivity contribution is -0.136. The number of nitrogens with one attached hydrogen (secondary N) is 1. The SMILES string of the molecule is CCC(SCC(=O)Nc1ccccc1)C(=O)O. The molecule has 0 aromatic heterocycles. The van der Waals surface area contributed by atoms with Gasteiger partial charge in [-0.2, -0.15) is 0 Å². The van der Waals surface area contributed by atoms with Gasteiger partial charge in [0.25, 0.3) is 0 Å². The molecular weight excluding hydrogens is 238 g/mol. The van der Waals surface area contributed by atoms with E-state index >= 15 is 0 Å². The van der Waals surface area contributed by atoms with Crippen LogP contribution in [0.1, 0.15) is 13.3 Å². The standard InChI is InChI=1S/C12H15NO3S/c1-2-10(12(15)16)17-8-11(14)13-9-6-4-3-5-7-9/h3-7,10H,2,8H2,1H3,(H,13,14)(H,15,16). The van der Waals surface area contributed by atoms with Gasteiger partial charge >= 0.3 is 5.97 Å². The Morgan fingerprint density at radius 2 is 2.00 bits per heavy atom. The summed E-state index contributed by atoms with van der Waals surface area (Å²) >= 11 is 1.15. The molecule has 1 aromatic rings. The number of carbonyl (C=O) groups is 2. The van der Waals surface area contributed by atoms with E-state index in [0.29, 0.717) is 6.42 Å². The molecule has 0 spiro atoms. The molecule has 0 aliphatic heterocycles. The first-order valence-electron chi connectivity index (χ1n) is 5.32. The zero-order valence-electron chi connectivity index (χ0n) is 9.55. The summed E-state index contributed by atoms with van der Waals surface area (Å²) in [6.45, 7) is 1.79. The number of anilines is 1. The van der Waals surface area contributed by atoms with Crippen LogP contribution >= 0.6 is 11.8 Å². The average molecular weight is 253 g/mol. The van der Waals surface area contributed by atoms with Gasteiger partial charge in [0.05, 0.1) is 5.75 Å². The zero-order valence-corrected chi connectivity index (χ0v) is 10.4. The molecule has 0 radical (unpaired) electrons. The summed E-state index contributed by atoms with van der Waals surface area (Å²) < 4.78 is 0. The third-order valence-corrected chi connectivity index (χ3v) is 3.49. The summed E-state index contributed by atoms with van der Waals surface area (Å²) in [5.74, 6) is -0.898. The van der Waals surface area contributed by atoms with Gasteiger partial charge in [0, 0.05) is 5.69 Å². The van der Waals surface area contributed by atoms with Gasteiger partial charge in [0.1, 0.15) is 5.25 Å². The van der Waals surface area contributed by atoms with E-state index in [1.54, 1.807) is 19.1 Å². The van der Waals surface area contributed by atoms with E-state index in [1.807, 2.05) is 18.2 Å². The summed E-state index contributed by atoms with van der Waals surface area (Å²) in [5, 5.41) is 11.0. The number of thioether (sulfide) groups is 1. The number of hydrogen-bond donors (Lipinski definition) is 2. The van der Waals surface area contributed by atoms with E-state index in [0.717, 1.165) is 17.4 Å². The van der Waals surface area contributed by atoms with E-state index < -0.39 is 11.2 Å². The molecule has 4 nitrogen and oxygen atoms in total. The number of hydrogen-bond acceptors (Lipinski definition) is 3. The Morgan fingerprint density at radius 3 is 2.53 bits per heavy atom. The van der Waals surface area contributed by atoms with Crippen molar-refractivity contribution in [1.29, 1.82) is 0 Å². The van der Waals surface area contributed by atoms with Crippen LogP contribution in [0.3, 0.4) is 0 Å². The van der Waals surface area contributed by atoms with Crippen molar-refractivity contribution in [2.24, 2.45) is 0 Å². The molecule has 0 saturated heterocycles. The third-order valence-electron chi connectivity index (χ3n) is 2.12.